The van der Waals surface area contributed by atoms with Crippen LogP contribution in [0.1, 0.15) is 380 Å². The van der Waals surface area contributed by atoms with Crippen molar-refractivity contribution in [2.75, 3.05) is 163 Å². The number of benzene rings is 6. The molecule has 12 aliphatic heterocycles. The number of hydrogen-bond donors (Lipinski definition) is 6. The molecule has 24 nitrogen and oxygen atoms in total. The molecule has 0 aromatic heterocycles. The fourth-order valence-electron chi connectivity index (χ4n) is 17.7. The average molecular weight is 2030 g/mol. The number of rotatable bonds is 21. The molecule has 0 amide bonds. The van der Waals surface area contributed by atoms with E-state index in [1.54, 1.807) is 53.7 Å². The Labute approximate surface area is 946 Å². The lowest BCUT2D eigenvalue weighted by molar-refractivity contribution is -0.0259. The zero-order valence-corrected chi connectivity index (χ0v) is 82.4. The maximum Gasteiger partial charge on any atom is 0.161 e. The van der Waals surface area contributed by atoms with Gasteiger partial charge in [0.1, 0.15) is 0 Å². The Bertz CT molecular complexity index is 8380. The number of piperidine rings is 6. The summed E-state index contributed by atoms with van der Waals surface area (Å²) in [6, 6.07) is 0.0365. The van der Waals surface area contributed by atoms with Crippen LogP contribution in [0.15, 0.2) is 72.8 Å². The summed E-state index contributed by atoms with van der Waals surface area (Å²) in [5.41, 5.74) is -8.61. The molecule has 0 bridgehead atoms. The minimum absolute atomic E-state index is 0.00465. The van der Waals surface area contributed by atoms with Crippen LogP contribution in [0.4, 0.5) is 0 Å². The van der Waals surface area contributed by atoms with Crippen molar-refractivity contribution in [2.45, 2.75) is 291 Å². The largest absolute Gasteiger partial charge is 0.493 e. The van der Waals surface area contributed by atoms with Crippen LogP contribution in [0.5, 0.6) is 69.0 Å². The molecule has 0 radical (unpaired) electrons. The van der Waals surface area contributed by atoms with Crippen molar-refractivity contribution in [3.63, 3.8) is 0 Å². The molecule has 0 saturated carbocycles. The SMILES string of the molecule is [2H]C([2H])([2H])C(C)(C([2H])([2H])[2H])C([2H])([2H])C1([2H])C([2H])([2H])N2CCc3cc(OC)c(OC)cc3C2([2H])C([2H])([2H])C1([2H])O.[2H]C([2H])([2H])Oc1cc2c(cc1OC)CCN1C([2H])([2H])C([2H])(C([2H])([2H])C(C)(C([2H])([2H])[2H])C([2H])([2H])[2H])C([2H])(O)C([2H])([2H])C21[2H].[2H]C([2H])([2H])Oc1cc2c(cc1OC)CCN1C([2H])([2H])C([2H])(CC(C)C)C([2H])(O)C([2H])([2H])C21[2H].[2H]C([2H])([2H])Oc1cc2c(cc1OC)CCN1C2([2H])CC(O)C(C([2H])([2H])C(C)(C([2H])([2H])[2H])C([2H])([2H])[2H])C1([2H])[2H].[2H]C1([2H])N2CCc3cc(OC)c(OC)cc3C2([2H])C([2H])([2H])C([2H])(O)C1([2H])CC(C)C.[2H]C1([2H])N2CCc3cc(OC)c(OC)cc3C2([2H])C([2H])([2H])C([2H])(O)C1([2H])CC(C)C. The number of aliphatic hydroxyl groups is 6. The Morgan fingerprint density at radius 2 is 0.496 bits per heavy atom. The highest BCUT2D eigenvalue weighted by Crippen LogP contribution is 2.53. The van der Waals surface area contributed by atoms with Gasteiger partial charge in [-0.05, 0) is 324 Å². The van der Waals surface area contributed by atoms with Crippen molar-refractivity contribution in [3.05, 3.63) is 140 Å². The summed E-state index contributed by atoms with van der Waals surface area (Å²) in [7, 11) is 3.23. The molecule has 6 aromatic carbocycles. The summed E-state index contributed by atoms with van der Waals surface area (Å²) >= 11 is 0. The maximum atomic E-state index is 11.5. The molecule has 12 heterocycles. The van der Waals surface area contributed by atoms with Gasteiger partial charge in [-0.1, -0.05) is 103 Å². The molecule has 6 N–H and O–H groups in total. The van der Waals surface area contributed by atoms with Gasteiger partial charge in [0.05, 0.1) is 149 Å². The summed E-state index contributed by atoms with van der Waals surface area (Å²) < 4.78 is 660. The zero-order valence-electron chi connectivity index (χ0n) is 153. The van der Waals surface area contributed by atoms with E-state index in [1.807, 2.05) is 0 Å². The van der Waals surface area contributed by atoms with Gasteiger partial charge < -0.3 is 87.5 Å². The molecule has 18 rings (SSSR count). The van der Waals surface area contributed by atoms with Gasteiger partial charge >= 0.3 is 0 Å². The first-order valence-electron chi connectivity index (χ1n) is 81.4. The van der Waals surface area contributed by atoms with Gasteiger partial charge in [-0.25, -0.2) is 0 Å². The molecule has 24 heteroatoms. The number of hydrogen-bond acceptors (Lipinski definition) is 24. The van der Waals surface area contributed by atoms with E-state index in [4.69, 9.17) is 146 Å². The second kappa shape index (κ2) is 48.4. The molecule has 6 aromatic rings. The Balaban J connectivity index is 0.000000204. The number of fused-ring (bicyclic) bond motifs is 18. The zero-order chi connectivity index (χ0) is 164. The number of aliphatic hydroxyl groups excluding tert-OH is 1. The summed E-state index contributed by atoms with van der Waals surface area (Å²) in [6.07, 6.45) is -49.6. The highest BCUT2D eigenvalue weighted by molar-refractivity contribution is 5.55. The third-order valence-corrected chi connectivity index (χ3v) is 24.1. The maximum absolute atomic E-state index is 11.5. The van der Waals surface area contributed by atoms with Gasteiger partial charge in [0, 0.05) is 184 Å². The van der Waals surface area contributed by atoms with Gasteiger partial charge in [-0.2, -0.15) is 0 Å². The highest BCUT2D eigenvalue weighted by atomic mass is 16.5. The quantitative estimate of drug-likeness (QED) is 0.0392. The number of ether oxygens (including phenoxy) is 12. The topological polar surface area (TPSA) is 252 Å². The van der Waals surface area contributed by atoms with Gasteiger partial charge in [-0.15, -0.1) is 0 Å². The predicted molar refractivity (Wildman–Crippen MR) is 561 cm³/mol. The van der Waals surface area contributed by atoms with Crippen molar-refractivity contribution in [1.29, 1.82) is 0 Å². The van der Waals surface area contributed by atoms with Crippen LogP contribution in [0, 0.1) is 69.4 Å². The minimum atomic E-state index is -4.36. The van der Waals surface area contributed by atoms with Gasteiger partial charge in [0.2, 0.25) is 0 Å². The minimum Gasteiger partial charge on any atom is -0.493 e. The van der Waals surface area contributed by atoms with Crippen LogP contribution in [0.3, 0.4) is 0 Å². The van der Waals surface area contributed by atoms with Crippen LogP contribution < -0.4 is 56.8 Å². The first-order valence-corrected chi connectivity index (χ1v) is 45.9. The van der Waals surface area contributed by atoms with Crippen LogP contribution in [0.25, 0.3) is 0 Å². The van der Waals surface area contributed by atoms with E-state index in [0.717, 1.165) is 37.8 Å². The van der Waals surface area contributed by atoms with Crippen molar-refractivity contribution in [2.24, 2.45) is 69.4 Å². The second-order valence-electron chi connectivity index (χ2n) is 36.5. The second-order valence-corrected chi connectivity index (χ2v) is 36.5. The van der Waals surface area contributed by atoms with Crippen molar-refractivity contribution >= 4 is 0 Å². The van der Waals surface area contributed by atoms with E-state index in [1.165, 1.54) is 106 Å². The van der Waals surface area contributed by atoms with Crippen molar-refractivity contribution in [3.8, 4) is 69.0 Å². The lowest BCUT2D eigenvalue weighted by atomic mass is 9.75. The molecule has 141 heavy (non-hydrogen) atoms. The fourth-order valence-corrected chi connectivity index (χ4v) is 17.7. The molecular weight excluding hydrogens is 1780 g/mol. The Morgan fingerprint density at radius 1 is 0.298 bits per heavy atom. The van der Waals surface area contributed by atoms with Crippen LogP contribution in [0.2, 0.25) is 0 Å². The molecule has 18 unspecified atom stereocenters. The highest BCUT2D eigenvalue weighted by Gasteiger charge is 2.47. The molecule has 0 spiro atoms. The first kappa shape index (κ1) is 50.0. The Hall–Kier alpha value is -7.56. The monoisotopic (exact) mass is 2030 g/mol. The smallest absolute Gasteiger partial charge is 0.161 e. The third kappa shape index (κ3) is 26.9. The Morgan fingerprint density at radius 3 is 0.716 bits per heavy atom. The van der Waals surface area contributed by atoms with Crippen molar-refractivity contribution < 1.29 is 185 Å². The lowest BCUT2D eigenvalue weighted by Crippen LogP contribution is -2.48. The van der Waals surface area contributed by atoms with Crippen molar-refractivity contribution in [1.82, 2.24) is 29.4 Å². The van der Waals surface area contributed by atoms with E-state index in [9.17, 15) is 38.9 Å². The molecule has 6 saturated heterocycles. The van der Waals surface area contributed by atoms with E-state index in [2.05, 4.69) is 0 Å². The molecule has 0 aliphatic carbocycles. The van der Waals surface area contributed by atoms with Gasteiger partial charge in [-0.3, -0.25) is 29.4 Å². The summed E-state index contributed by atoms with van der Waals surface area (Å²) in [4.78, 5) is 4.58. The summed E-state index contributed by atoms with van der Waals surface area (Å²) in [5.74, 6) is -18.8. The first-order chi connectivity index (χ1) is 94.5. The number of nitrogens with zero attached hydrogens (tertiary/aromatic N) is 6. The van der Waals surface area contributed by atoms with Gasteiger partial charge in [0.25, 0.3) is 0 Å². The van der Waals surface area contributed by atoms with Crippen LogP contribution in [-0.4, -0.2) is 260 Å². The summed E-state index contributed by atoms with van der Waals surface area (Å²) in [6.45, 7) is -30.1. The lowest BCUT2D eigenvalue weighted by Gasteiger charge is -2.47. The molecule has 18 atom stereocenters. The standard InChI is InChI=1S/3C20H31NO3.3C19H29NO3/c3*1-20(2,3)11-14-12-21-7-6-13-8-18(23-4)19(24-5)9-15(13)16(21)10-17(14)22;3*1-12(2)7-14-11-20-6-5-13-8-18(22-3)19(23-4)9-15(13)16(20)10-17(14)21/h3*8-9,14,16-17,22H,6-7,10-12H2,1-5H3;3*8-9,12,14,16-17,21H,5-7,10-11H2,1-4H3/i1D3,2D3,5D3,10D2,11D2,12D2,14D,16D,17D;1D3,2D3,10D2,11D2,12D2,14D,16D,17D;1D3,2D3,5D3,11D2,12D2,16D;4D3,10D2,11D2,14D,16D,17D;2*10D2,11D2,14D,16D,17D. The van der Waals surface area contributed by atoms with E-state index in [0.29, 0.717) is 77.2 Å². The predicted octanol–water partition coefficient (Wildman–Crippen LogP) is 19.3. The van der Waals surface area contributed by atoms with E-state index >= 15 is 0 Å². The molecule has 12 aliphatic rings. The third-order valence-electron chi connectivity index (χ3n) is 24.1. The van der Waals surface area contributed by atoms with Crippen LogP contribution >= 0.6 is 0 Å². The van der Waals surface area contributed by atoms with Crippen LogP contribution in [-0.2, 0) is 38.5 Å². The van der Waals surface area contributed by atoms with E-state index in [-0.39, 0.29) is 180 Å². The Kier molecular flexibility index (Phi) is 17.1. The molecular formula is C117H180N6O18. The number of methoxy groups -OCH3 is 12. The van der Waals surface area contributed by atoms with Gasteiger partial charge in [0.15, 0.2) is 69.0 Å². The summed E-state index contributed by atoms with van der Waals surface area (Å²) in [5, 5.41) is 67.6. The average Bonchev–Trinajstić information content (AvgIpc) is 0.644. The fraction of sp³-hybridized carbons (Fsp3) is 0.692. The molecule has 6 fully saturated rings. The molecule has 786 valence electrons. The van der Waals surface area contributed by atoms with E-state index < -0.39 is 307 Å². The normalized spacial score (nSPS) is 48.2.